The molecule has 0 bridgehead atoms. The predicted molar refractivity (Wildman–Crippen MR) is 86.5 cm³/mol. The molecule has 21 heavy (non-hydrogen) atoms. The highest BCUT2D eigenvalue weighted by molar-refractivity contribution is 5.87. The average molecular weight is 290 g/mol. The minimum absolute atomic E-state index is 0.274. The van der Waals surface area contributed by atoms with Crippen molar-refractivity contribution in [2.45, 2.75) is 46.0 Å². The topological polar surface area (TPSA) is 35.5 Å². The van der Waals surface area contributed by atoms with Gasteiger partial charge in [-0.1, -0.05) is 39.2 Å². The summed E-state index contributed by atoms with van der Waals surface area (Å²) in [4.78, 5) is 11.6. The number of aryl methyl sites for hydroxylation is 1. The molecule has 3 heteroatoms. The molecular formula is C18H26O3. The Labute approximate surface area is 128 Å². The van der Waals surface area contributed by atoms with Crippen molar-refractivity contribution in [3.63, 3.8) is 0 Å². The van der Waals surface area contributed by atoms with E-state index in [0.29, 0.717) is 6.61 Å². The molecule has 0 fully saturated rings. The third-order valence-corrected chi connectivity index (χ3v) is 3.37. The quantitative estimate of drug-likeness (QED) is 0.384. The first-order valence-electron chi connectivity index (χ1n) is 7.73. The summed E-state index contributed by atoms with van der Waals surface area (Å²) in [6.45, 7) is 4.75. The SMILES string of the molecule is CCCCCCOC(=O)C=Cc1ccc(OC)cc1CC. The van der Waals surface area contributed by atoms with Gasteiger partial charge in [-0.2, -0.15) is 0 Å². The summed E-state index contributed by atoms with van der Waals surface area (Å²) >= 11 is 0. The first-order chi connectivity index (χ1) is 10.2. The first-order valence-corrected chi connectivity index (χ1v) is 7.73. The van der Waals surface area contributed by atoms with Crippen LogP contribution in [0.2, 0.25) is 0 Å². The lowest BCUT2D eigenvalue weighted by molar-refractivity contribution is -0.137. The van der Waals surface area contributed by atoms with Gasteiger partial charge in [0, 0.05) is 6.08 Å². The average Bonchev–Trinajstić information content (AvgIpc) is 2.52. The van der Waals surface area contributed by atoms with Crippen LogP contribution in [-0.4, -0.2) is 19.7 Å². The maximum Gasteiger partial charge on any atom is 0.330 e. The van der Waals surface area contributed by atoms with Gasteiger partial charge in [0.25, 0.3) is 0 Å². The van der Waals surface area contributed by atoms with Crippen molar-refractivity contribution >= 4 is 12.0 Å². The number of rotatable bonds is 9. The Balaban J connectivity index is 2.50. The second-order valence-corrected chi connectivity index (χ2v) is 4.98. The van der Waals surface area contributed by atoms with Crippen LogP contribution in [0.3, 0.4) is 0 Å². The highest BCUT2D eigenvalue weighted by atomic mass is 16.5. The molecular weight excluding hydrogens is 264 g/mol. The molecule has 1 aromatic rings. The Morgan fingerprint density at radius 3 is 2.67 bits per heavy atom. The standard InChI is InChI=1S/C18H26O3/c1-4-6-7-8-13-21-18(19)12-10-16-9-11-17(20-3)14-15(16)5-2/h9-12,14H,4-8,13H2,1-3H3. The Hall–Kier alpha value is -1.77. The van der Waals surface area contributed by atoms with Gasteiger partial charge in [-0.3, -0.25) is 0 Å². The molecule has 116 valence electrons. The molecule has 1 rings (SSSR count). The number of carbonyl (C=O) groups excluding carboxylic acids is 1. The lowest BCUT2D eigenvalue weighted by Crippen LogP contribution is -2.02. The molecule has 0 saturated heterocycles. The van der Waals surface area contributed by atoms with Gasteiger partial charge in [0.1, 0.15) is 5.75 Å². The largest absolute Gasteiger partial charge is 0.497 e. The van der Waals surface area contributed by atoms with Crippen molar-refractivity contribution in [2.75, 3.05) is 13.7 Å². The molecule has 0 spiro atoms. The minimum atomic E-state index is -0.274. The van der Waals surface area contributed by atoms with E-state index in [0.717, 1.165) is 36.1 Å². The molecule has 0 aliphatic carbocycles. The van der Waals surface area contributed by atoms with E-state index in [1.165, 1.54) is 18.9 Å². The van der Waals surface area contributed by atoms with Gasteiger partial charge in [0.2, 0.25) is 0 Å². The van der Waals surface area contributed by atoms with E-state index in [1.807, 2.05) is 24.3 Å². The van der Waals surface area contributed by atoms with Gasteiger partial charge in [0.15, 0.2) is 0 Å². The summed E-state index contributed by atoms with van der Waals surface area (Å²) in [5.41, 5.74) is 2.18. The number of ether oxygens (including phenoxy) is 2. The van der Waals surface area contributed by atoms with E-state index >= 15 is 0 Å². The van der Waals surface area contributed by atoms with Crippen LogP contribution in [0, 0.1) is 0 Å². The second-order valence-electron chi connectivity index (χ2n) is 4.98. The fourth-order valence-corrected chi connectivity index (χ4v) is 2.09. The molecule has 0 amide bonds. The summed E-state index contributed by atoms with van der Waals surface area (Å²) in [5, 5.41) is 0. The van der Waals surface area contributed by atoms with Crippen molar-refractivity contribution in [1.82, 2.24) is 0 Å². The monoisotopic (exact) mass is 290 g/mol. The van der Waals surface area contributed by atoms with Crippen molar-refractivity contribution < 1.29 is 14.3 Å². The van der Waals surface area contributed by atoms with Gasteiger partial charge in [-0.05, 0) is 42.2 Å². The van der Waals surface area contributed by atoms with Crippen molar-refractivity contribution in [3.8, 4) is 5.75 Å². The van der Waals surface area contributed by atoms with Gasteiger partial charge < -0.3 is 9.47 Å². The molecule has 0 aliphatic rings. The number of esters is 1. The van der Waals surface area contributed by atoms with Crippen LogP contribution in [0.4, 0.5) is 0 Å². The summed E-state index contributed by atoms with van der Waals surface area (Å²) in [6.07, 6.45) is 8.64. The van der Waals surface area contributed by atoms with Crippen molar-refractivity contribution in [1.29, 1.82) is 0 Å². The predicted octanol–water partition coefficient (Wildman–Crippen LogP) is 4.39. The van der Waals surface area contributed by atoms with E-state index in [2.05, 4.69) is 13.8 Å². The summed E-state index contributed by atoms with van der Waals surface area (Å²) in [7, 11) is 1.65. The number of hydrogen-bond acceptors (Lipinski definition) is 3. The molecule has 0 aromatic heterocycles. The van der Waals surface area contributed by atoms with E-state index in [4.69, 9.17) is 9.47 Å². The van der Waals surface area contributed by atoms with Gasteiger partial charge in [-0.15, -0.1) is 0 Å². The number of carbonyl (C=O) groups is 1. The maximum absolute atomic E-state index is 11.6. The van der Waals surface area contributed by atoms with Gasteiger partial charge >= 0.3 is 5.97 Å². The Morgan fingerprint density at radius 1 is 1.19 bits per heavy atom. The van der Waals surface area contributed by atoms with Crippen LogP contribution in [-0.2, 0) is 16.0 Å². The van der Waals surface area contributed by atoms with Crippen molar-refractivity contribution in [3.05, 3.63) is 35.4 Å². The molecule has 0 unspecified atom stereocenters. The van der Waals surface area contributed by atoms with Crippen LogP contribution >= 0.6 is 0 Å². The molecule has 3 nitrogen and oxygen atoms in total. The zero-order valence-electron chi connectivity index (χ0n) is 13.4. The van der Waals surface area contributed by atoms with Crippen LogP contribution in [0.5, 0.6) is 5.75 Å². The number of hydrogen-bond donors (Lipinski definition) is 0. The van der Waals surface area contributed by atoms with E-state index in [9.17, 15) is 4.79 Å². The van der Waals surface area contributed by atoms with E-state index < -0.39 is 0 Å². The molecule has 0 N–H and O–H groups in total. The molecule has 0 atom stereocenters. The smallest absolute Gasteiger partial charge is 0.330 e. The number of methoxy groups -OCH3 is 1. The van der Waals surface area contributed by atoms with Crippen LogP contribution < -0.4 is 4.74 Å². The minimum Gasteiger partial charge on any atom is -0.497 e. The molecule has 1 aromatic carbocycles. The fourth-order valence-electron chi connectivity index (χ4n) is 2.09. The summed E-state index contributed by atoms with van der Waals surface area (Å²) < 4.78 is 10.4. The highest BCUT2D eigenvalue weighted by Crippen LogP contribution is 2.19. The van der Waals surface area contributed by atoms with Gasteiger partial charge in [-0.25, -0.2) is 4.79 Å². The molecule has 0 heterocycles. The number of benzene rings is 1. The van der Waals surface area contributed by atoms with E-state index in [-0.39, 0.29) is 5.97 Å². The summed E-state index contributed by atoms with van der Waals surface area (Å²) in [5.74, 6) is 0.562. The maximum atomic E-state index is 11.6. The van der Waals surface area contributed by atoms with Crippen LogP contribution in [0.25, 0.3) is 6.08 Å². The lowest BCUT2D eigenvalue weighted by atomic mass is 10.0. The third kappa shape index (κ3) is 6.48. The molecule has 0 aliphatic heterocycles. The van der Waals surface area contributed by atoms with Gasteiger partial charge in [0.05, 0.1) is 13.7 Å². The Bertz CT molecular complexity index is 464. The first kappa shape index (κ1) is 17.3. The highest BCUT2D eigenvalue weighted by Gasteiger charge is 2.02. The second kappa shape index (κ2) is 10.0. The molecule has 0 radical (unpaired) electrons. The fraction of sp³-hybridized carbons (Fsp3) is 0.500. The zero-order valence-corrected chi connectivity index (χ0v) is 13.4. The molecule has 0 saturated carbocycles. The normalized spacial score (nSPS) is 10.8. The third-order valence-electron chi connectivity index (χ3n) is 3.37. The zero-order chi connectivity index (χ0) is 15.5. The van der Waals surface area contributed by atoms with E-state index in [1.54, 1.807) is 7.11 Å². The number of unbranched alkanes of at least 4 members (excludes halogenated alkanes) is 3. The summed E-state index contributed by atoms with van der Waals surface area (Å²) in [6, 6.07) is 5.85. The Kier molecular flexibility index (Phi) is 8.25. The lowest BCUT2D eigenvalue weighted by Gasteiger charge is -2.06. The van der Waals surface area contributed by atoms with Crippen molar-refractivity contribution in [2.24, 2.45) is 0 Å². The van der Waals surface area contributed by atoms with Crippen LogP contribution in [0.15, 0.2) is 24.3 Å². The Morgan fingerprint density at radius 2 is 2.00 bits per heavy atom. The van der Waals surface area contributed by atoms with Crippen LogP contribution in [0.1, 0.15) is 50.7 Å².